The molecule has 0 aliphatic rings. The highest BCUT2D eigenvalue weighted by molar-refractivity contribution is 6.01. The molecule has 0 spiro atoms. The standard InChI is InChI=1S/C20H22N2O5/c1-4-21(5-2)16-10-11-17(18(23)12-16)19(13(3)20(24)25)14-6-8-15(9-7-14)22(26)27/h6-12,23H,4-5H2,1-3H3,(H,24,25)/b19-13+. The quantitative estimate of drug-likeness (QED) is 0.433. The molecule has 0 radical (unpaired) electrons. The number of nitro benzene ring substituents is 1. The summed E-state index contributed by atoms with van der Waals surface area (Å²) >= 11 is 0. The Balaban J connectivity index is 2.61. The van der Waals surface area contributed by atoms with Crippen LogP contribution < -0.4 is 4.90 Å². The third-order valence-corrected chi connectivity index (χ3v) is 4.44. The summed E-state index contributed by atoms with van der Waals surface area (Å²) in [4.78, 5) is 24.0. The summed E-state index contributed by atoms with van der Waals surface area (Å²) in [6, 6.07) is 10.7. The summed E-state index contributed by atoms with van der Waals surface area (Å²) in [5.74, 6) is -1.18. The Morgan fingerprint density at radius 1 is 1.11 bits per heavy atom. The van der Waals surface area contributed by atoms with Crippen LogP contribution in [0.5, 0.6) is 5.75 Å². The Kier molecular flexibility index (Phi) is 6.18. The molecule has 2 aromatic carbocycles. The Bertz CT molecular complexity index is 884. The van der Waals surface area contributed by atoms with Crippen molar-refractivity contribution >= 4 is 22.9 Å². The van der Waals surface area contributed by atoms with Gasteiger partial charge >= 0.3 is 5.97 Å². The van der Waals surface area contributed by atoms with Gasteiger partial charge in [-0.2, -0.15) is 0 Å². The number of hydrogen-bond acceptors (Lipinski definition) is 5. The zero-order valence-electron chi connectivity index (χ0n) is 15.5. The van der Waals surface area contributed by atoms with Gasteiger partial charge in [-0.1, -0.05) is 0 Å². The van der Waals surface area contributed by atoms with Gasteiger partial charge in [0.25, 0.3) is 5.69 Å². The first-order valence-electron chi connectivity index (χ1n) is 8.57. The first-order chi connectivity index (χ1) is 12.8. The highest BCUT2D eigenvalue weighted by Gasteiger charge is 2.19. The van der Waals surface area contributed by atoms with E-state index in [0.29, 0.717) is 16.7 Å². The van der Waals surface area contributed by atoms with Crippen LogP contribution in [-0.4, -0.2) is 34.2 Å². The average molecular weight is 370 g/mol. The van der Waals surface area contributed by atoms with Gasteiger partial charge in [0.2, 0.25) is 0 Å². The molecule has 0 aromatic heterocycles. The van der Waals surface area contributed by atoms with Gasteiger partial charge in [0.05, 0.1) is 4.92 Å². The van der Waals surface area contributed by atoms with Gasteiger partial charge in [0, 0.05) is 53.7 Å². The Morgan fingerprint density at radius 3 is 2.15 bits per heavy atom. The highest BCUT2D eigenvalue weighted by atomic mass is 16.6. The lowest BCUT2D eigenvalue weighted by atomic mass is 9.92. The van der Waals surface area contributed by atoms with Crippen molar-refractivity contribution < 1.29 is 19.9 Å². The van der Waals surface area contributed by atoms with Gasteiger partial charge in [-0.05, 0) is 50.6 Å². The van der Waals surface area contributed by atoms with Crippen LogP contribution in [0.1, 0.15) is 31.9 Å². The van der Waals surface area contributed by atoms with E-state index in [1.54, 1.807) is 12.1 Å². The van der Waals surface area contributed by atoms with E-state index in [0.717, 1.165) is 18.8 Å². The molecule has 27 heavy (non-hydrogen) atoms. The minimum absolute atomic E-state index is 0.0368. The maximum atomic E-state index is 11.6. The molecule has 142 valence electrons. The first kappa shape index (κ1) is 20.0. The number of aromatic hydroxyl groups is 1. The molecule has 2 rings (SSSR count). The van der Waals surface area contributed by atoms with Gasteiger partial charge in [-0.15, -0.1) is 0 Å². The number of carbonyl (C=O) groups is 1. The molecule has 0 unspecified atom stereocenters. The van der Waals surface area contributed by atoms with Crippen molar-refractivity contribution in [3.05, 3.63) is 69.3 Å². The van der Waals surface area contributed by atoms with E-state index >= 15 is 0 Å². The van der Waals surface area contributed by atoms with Gasteiger partial charge in [-0.3, -0.25) is 10.1 Å². The van der Waals surface area contributed by atoms with Crippen LogP contribution in [0.3, 0.4) is 0 Å². The molecule has 0 fully saturated rings. The number of nitrogens with zero attached hydrogens (tertiary/aromatic N) is 2. The predicted molar refractivity (Wildman–Crippen MR) is 104 cm³/mol. The molecule has 0 amide bonds. The molecule has 0 bridgehead atoms. The molecule has 0 aliphatic heterocycles. The number of hydrogen-bond donors (Lipinski definition) is 2. The molecule has 2 aromatic rings. The van der Waals surface area contributed by atoms with Crippen LogP contribution in [0.2, 0.25) is 0 Å². The second-order valence-corrected chi connectivity index (χ2v) is 5.98. The number of non-ortho nitro benzene ring substituents is 1. The topological polar surface area (TPSA) is 104 Å². The second-order valence-electron chi connectivity index (χ2n) is 5.98. The van der Waals surface area contributed by atoms with Crippen molar-refractivity contribution in [3.63, 3.8) is 0 Å². The number of rotatable bonds is 7. The largest absolute Gasteiger partial charge is 0.507 e. The van der Waals surface area contributed by atoms with E-state index in [1.165, 1.54) is 31.2 Å². The number of anilines is 1. The number of phenols is 1. The molecule has 0 atom stereocenters. The Morgan fingerprint density at radius 2 is 1.70 bits per heavy atom. The number of carboxylic acid groups (broad SMARTS) is 1. The third-order valence-electron chi connectivity index (χ3n) is 4.44. The van der Waals surface area contributed by atoms with Gasteiger partial charge in [0.15, 0.2) is 0 Å². The minimum atomic E-state index is -1.13. The van der Waals surface area contributed by atoms with Crippen molar-refractivity contribution in [2.75, 3.05) is 18.0 Å². The summed E-state index contributed by atoms with van der Waals surface area (Å²) < 4.78 is 0. The van der Waals surface area contributed by atoms with E-state index in [-0.39, 0.29) is 17.0 Å². The molecule has 0 saturated heterocycles. The fraction of sp³-hybridized carbons (Fsp3) is 0.250. The Hall–Kier alpha value is -3.35. The van der Waals surface area contributed by atoms with Crippen molar-refractivity contribution in [3.8, 4) is 5.75 Å². The van der Waals surface area contributed by atoms with Crippen molar-refractivity contribution in [1.29, 1.82) is 0 Å². The lowest BCUT2D eigenvalue weighted by molar-refractivity contribution is -0.384. The predicted octanol–water partition coefficient (Wildman–Crippen LogP) is 4.05. The molecule has 2 N–H and O–H groups in total. The van der Waals surface area contributed by atoms with E-state index in [2.05, 4.69) is 4.90 Å². The SMILES string of the molecule is CCN(CC)c1ccc(/C(=C(\C)C(=O)O)c2ccc([N+](=O)[O-])cc2)c(O)c1. The summed E-state index contributed by atoms with van der Waals surface area (Å²) in [6.45, 7) is 7.00. The molecule has 7 nitrogen and oxygen atoms in total. The van der Waals surface area contributed by atoms with Crippen LogP contribution in [0.4, 0.5) is 11.4 Å². The highest BCUT2D eigenvalue weighted by Crippen LogP contribution is 2.36. The zero-order valence-corrected chi connectivity index (χ0v) is 15.5. The molecule has 0 aliphatic carbocycles. The van der Waals surface area contributed by atoms with Crippen LogP contribution in [0.15, 0.2) is 48.0 Å². The Labute approximate surface area is 157 Å². The lowest BCUT2D eigenvalue weighted by Crippen LogP contribution is -2.21. The fourth-order valence-electron chi connectivity index (χ4n) is 2.95. The molecule has 0 saturated carbocycles. The number of carboxylic acids is 1. The smallest absolute Gasteiger partial charge is 0.331 e. The molecule has 0 heterocycles. The number of aliphatic carboxylic acids is 1. The molecule has 7 heteroatoms. The summed E-state index contributed by atoms with van der Waals surface area (Å²) in [5.41, 5.74) is 1.94. The van der Waals surface area contributed by atoms with Gasteiger partial charge < -0.3 is 15.1 Å². The van der Waals surface area contributed by atoms with Crippen molar-refractivity contribution in [2.45, 2.75) is 20.8 Å². The second kappa shape index (κ2) is 8.35. The van der Waals surface area contributed by atoms with Crippen molar-refractivity contribution in [1.82, 2.24) is 0 Å². The van der Waals surface area contributed by atoms with E-state index < -0.39 is 10.9 Å². The number of benzene rings is 2. The number of nitro groups is 1. The monoisotopic (exact) mass is 370 g/mol. The first-order valence-corrected chi connectivity index (χ1v) is 8.57. The zero-order chi connectivity index (χ0) is 20.1. The molecular formula is C20H22N2O5. The van der Waals surface area contributed by atoms with E-state index in [1.807, 2.05) is 19.9 Å². The van der Waals surface area contributed by atoms with Crippen molar-refractivity contribution in [2.24, 2.45) is 0 Å². The van der Waals surface area contributed by atoms with Crippen LogP contribution in [-0.2, 0) is 4.79 Å². The average Bonchev–Trinajstić information content (AvgIpc) is 2.64. The normalized spacial score (nSPS) is 11.7. The van der Waals surface area contributed by atoms with Gasteiger partial charge in [0.1, 0.15) is 5.75 Å². The fourth-order valence-corrected chi connectivity index (χ4v) is 2.95. The molecular weight excluding hydrogens is 348 g/mol. The number of phenolic OH excluding ortho intramolecular Hbond substituents is 1. The van der Waals surface area contributed by atoms with E-state index in [4.69, 9.17) is 0 Å². The van der Waals surface area contributed by atoms with Crippen LogP contribution >= 0.6 is 0 Å². The third kappa shape index (κ3) is 4.25. The lowest BCUT2D eigenvalue weighted by Gasteiger charge is -2.22. The maximum Gasteiger partial charge on any atom is 0.331 e. The summed E-state index contributed by atoms with van der Waals surface area (Å²) in [5, 5.41) is 30.9. The van der Waals surface area contributed by atoms with Gasteiger partial charge in [-0.25, -0.2) is 4.79 Å². The summed E-state index contributed by atoms with van der Waals surface area (Å²) in [7, 11) is 0. The van der Waals surface area contributed by atoms with Crippen LogP contribution in [0.25, 0.3) is 5.57 Å². The summed E-state index contributed by atoms with van der Waals surface area (Å²) in [6.07, 6.45) is 0. The van der Waals surface area contributed by atoms with E-state index in [9.17, 15) is 25.1 Å². The minimum Gasteiger partial charge on any atom is -0.507 e. The maximum absolute atomic E-state index is 11.6. The van der Waals surface area contributed by atoms with Crippen LogP contribution in [0, 0.1) is 10.1 Å².